The van der Waals surface area contributed by atoms with Crippen LogP contribution in [0.25, 0.3) is 16.6 Å². The number of nitrogens with one attached hydrogen (secondary N) is 1. The second-order valence-electron chi connectivity index (χ2n) is 8.97. The highest BCUT2D eigenvalue weighted by Crippen LogP contribution is 2.21. The smallest absolute Gasteiger partial charge is 0.295 e. The number of carbonyl (C=O) groups excluding carboxylic acids is 1. The molecule has 0 atom stereocenters. The highest BCUT2D eigenvalue weighted by atomic mass is 16.1. The van der Waals surface area contributed by atoms with Crippen LogP contribution in [0.15, 0.2) is 53.3 Å². The summed E-state index contributed by atoms with van der Waals surface area (Å²) in [6, 6.07) is 15.3. The van der Waals surface area contributed by atoms with Gasteiger partial charge in [0.05, 0.1) is 33.8 Å². The number of benzene rings is 2. The predicted molar refractivity (Wildman–Crippen MR) is 140 cm³/mol. The van der Waals surface area contributed by atoms with E-state index >= 15 is 0 Å². The van der Waals surface area contributed by atoms with Crippen LogP contribution >= 0.6 is 0 Å². The lowest BCUT2D eigenvalue weighted by Gasteiger charge is -2.08. The topological polar surface area (TPSA) is 108 Å². The molecule has 1 amide bonds. The molecule has 0 fully saturated rings. The highest BCUT2D eigenvalue weighted by molar-refractivity contribution is 5.93. The van der Waals surface area contributed by atoms with Crippen LogP contribution < -0.4 is 16.6 Å². The first kappa shape index (κ1) is 24.2. The molecule has 0 saturated carbocycles. The second kappa shape index (κ2) is 10.5. The molecule has 4 aromatic rings. The van der Waals surface area contributed by atoms with E-state index in [4.69, 9.17) is 5.73 Å². The first-order chi connectivity index (χ1) is 16.8. The van der Waals surface area contributed by atoms with Gasteiger partial charge in [0.1, 0.15) is 0 Å². The Morgan fingerprint density at radius 3 is 2.40 bits per heavy atom. The van der Waals surface area contributed by atoms with Crippen LogP contribution in [0.4, 0.5) is 11.4 Å². The van der Waals surface area contributed by atoms with Gasteiger partial charge < -0.3 is 11.1 Å². The quantitative estimate of drug-likeness (QED) is 0.272. The zero-order valence-corrected chi connectivity index (χ0v) is 20.5. The van der Waals surface area contributed by atoms with Crippen molar-refractivity contribution in [3.05, 3.63) is 75.8 Å². The summed E-state index contributed by atoms with van der Waals surface area (Å²) < 4.78 is 3.34. The maximum atomic E-state index is 13.1. The third-order valence-corrected chi connectivity index (χ3v) is 6.22. The lowest BCUT2D eigenvalue weighted by atomic mass is 10.1. The Morgan fingerprint density at radius 2 is 1.66 bits per heavy atom. The summed E-state index contributed by atoms with van der Waals surface area (Å²) in [7, 11) is 0. The lowest BCUT2D eigenvalue weighted by molar-refractivity contribution is -0.116. The molecule has 0 aliphatic rings. The second-order valence-corrected chi connectivity index (χ2v) is 8.97. The standard InChI is InChI=1S/C27H32N6O2/c1-18-13-15-21(16-14-18)33-20(3)25-19(2)30-32(27(35)26(25)31-33)17-9-5-4-6-12-24(34)29-23-11-8-7-10-22(23)28/h7-8,10-11,13-16H,4-6,9,12,17,28H2,1-3H3,(H,29,34). The zero-order chi connectivity index (χ0) is 24.9. The number of amides is 1. The molecule has 0 bridgehead atoms. The van der Waals surface area contributed by atoms with E-state index in [1.807, 2.05) is 61.9 Å². The van der Waals surface area contributed by atoms with E-state index in [1.54, 1.807) is 12.1 Å². The average Bonchev–Trinajstić information content (AvgIpc) is 3.19. The van der Waals surface area contributed by atoms with Crippen LogP contribution in [-0.2, 0) is 11.3 Å². The molecule has 182 valence electrons. The number of carbonyl (C=O) groups is 1. The van der Waals surface area contributed by atoms with Crippen LogP contribution in [0.2, 0.25) is 0 Å². The van der Waals surface area contributed by atoms with Gasteiger partial charge in [-0.05, 0) is 57.9 Å². The minimum absolute atomic E-state index is 0.0404. The molecule has 2 aromatic carbocycles. The van der Waals surface area contributed by atoms with Crippen LogP contribution in [-0.4, -0.2) is 25.5 Å². The number of fused-ring (bicyclic) bond motifs is 1. The van der Waals surface area contributed by atoms with Crippen molar-refractivity contribution < 1.29 is 4.79 Å². The van der Waals surface area contributed by atoms with Gasteiger partial charge in [-0.1, -0.05) is 42.7 Å². The Bertz CT molecular complexity index is 1400. The van der Waals surface area contributed by atoms with Crippen LogP contribution in [0.3, 0.4) is 0 Å². The Morgan fingerprint density at radius 1 is 0.943 bits per heavy atom. The number of rotatable bonds is 9. The molecule has 8 heteroatoms. The molecule has 0 radical (unpaired) electrons. The SMILES string of the molecule is Cc1ccc(-n2nc3c(=O)n(CCCCCCC(=O)Nc4ccccc4N)nc(C)c3c2C)cc1. The number of para-hydroxylation sites is 2. The van der Waals surface area contributed by atoms with Gasteiger partial charge in [-0.2, -0.15) is 10.2 Å². The Kier molecular flexibility index (Phi) is 7.29. The molecule has 2 aromatic heterocycles. The van der Waals surface area contributed by atoms with Crippen molar-refractivity contribution in [3.8, 4) is 5.69 Å². The van der Waals surface area contributed by atoms with Crippen LogP contribution in [0.1, 0.15) is 49.1 Å². The highest BCUT2D eigenvalue weighted by Gasteiger charge is 2.17. The van der Waals surface area contributed by atoms with E-state index in [2.05, 4.69) is 15.5 Å². The van der Waals surface area contributed by atoms with Crippen molar-refractivity contribution in [2.75, 3.05) is 11.1 Å². The van der Waals surface area contributed by atoms with Gasteiger partial charge in [0.25, 0.3) is 5.56 Å². The van der Waals surface area contributed by atoms with Crippen molar-refractivity contribution in [1.82, 2.24) is 19.6 Å². The maximum Gasteiger partial charge on any atom is 0.295 e. The third-order valence-electron chi connectivity index (χ3n) is 6.22. The number of nitrogens with zero attached hydrogens (tertiary/aromatic N) is 4. The molecule has 0 aliphatic carbocycles. The monoisotopic (exact) mass is 472 g/mol. The average molecular weight is 473 g/mol. The molecular formula is C27H32N6O2. The van der Waals surface area contributed by atoms with Crippen LogP contribution in [0, 0.1) is 20.8 Å². The number of anilines is 2. The van der Waals surface area contributed by atoms with Crippen molar-refractivity contribution in [1.29, 1.82) is 0 Å². The van der Waals surface area contributed by atoms with Gasteiger partial charge in [-0.25, -0.2) is 9.36 Å². The fourth-order valence-electron chi connectivity index (χ4n) is 4.30. The molecule has 0 spiro atoms. The summed E-state index contributed by atoms with van der Waals surface area (Å²) >= 11 is 0. The van der Waals surface area contributed by atoms with Crippen molar-refractivity contribution >= 4 is 28.2 Å². The van der Waals surface area contributed by atoms with Gasteiger partial charge in [0.15, 0.2) is 5.52 Å². The van der Waals surface area contributed by atoms with E-state index in [1.165, 1.54) is 10.2 Å². The molecule has 0 unspecified atom stereocenters. The Hall–Kier alpha value is -3.94. The normalized spacial score (nSPS) is 11.2. The number of hydrogen-bond donors (Lipinski definition) is 2. The van der Waals surface area contributed by atoms with Gasteiger partial charge >= 0.3 is 0 Å². The summed E-state index contributed by atoms with van der Waals surface area (Å²) in [5.41, 5.74) is 11.2. The largest absolute Gasteiger partial charge is 0.397 e. The lowest BCUT2D eigenvalue weighted by Crippen LogP contribution is -2.24. The van der Waals surface area contributed by atoms with Gasteiger partial charge in [0.2, 0.25) is 5.91 Å². The molecular weight excluding hydrogens is 440 g/mol. The van der Waals surface area contributed by atoms with Crippen molar-refractivity contribution in [3.63, 3.8) is 0 Å². The summed E-state index contributed by atoms with van der Waals surface area (Å²) in [5.74, 6) is -0.0404. The summed E-state index contributed by atoms with van der Waals surface area (Å²) in [6.07, 6.45) is 3.83. The van der Waals surface area contributed by atoms with Crippen molar-refractivity contribution in [2.24, 2.45) is 0 Å². The fourth-order valence-corrected chi connectivity index (χ4v) is 4.30. The summed E-state index contributed by atoms with van der Waals surface area (Å²) in [4.78, 5) is 25.2. The first-order valence-corrected chi connectivity index (χ1v) is 12.0. The van der Waals surface area contributed by atoms with E-state index < -0.39 is 0 Å². The van der Waals surface area contributed by atoms with Gasteiger partial charge in [0, 0.05) is 13.0 Å². The molecule has 4 rings (SSSR count). The number of nitrogens with two attached hydrogens (primary N) is 1. The van der Waals surface area contributed by atoms with Crippen molar-refractivity contribution in [2.45, 2.75) is 59.4 Å². The number of unbranched alkanes of at least 4 members (excludes halogenated alkanes) is 3. The minimum Gasteiger partial charge on any atom is -0.397 e. The molecule has 8 nitrogen and oxygen atoms in total. The summed E-state index contributed by atoms with van der Waals surface area (Å²) in [5, 5.41) is 12.9. The van der Waals surface area contributed by atoms with Gasteiger partial charge in [-0.15, -0.1) is 0 Å². The number of hydrogen-bond acceptors (Lipinski definition) is 5. The third kappa shape index (κ3) is 5.42. The fraction of sp³-hybridized carbons (Fsp3) is 0.333. The molecule has 35 heavy (non-hydrogen) atoms. The number of aryl methyl sites for hydroxylation is 4. The predicted octanol–water partition coefficient (Wildman–Crippen LogP) is 4.68. The molecule has 0 aliphatic heterocycles. The van der Waals surface area contributed by atoms with E-state index in [0.717, 1.165) is 48.1 Å². The molecule has 3 N–H and O–H groups in total. The van der Waals surface area contributed by atoms with Gasteiger partial charge in [-0.3, -0.25) is 9.59 Å². The number of aromatic nitrogens is 4. The molecule has 2 heterocycles. The van der Waals surface area contributed by atoms with E-state index in [-0.39, 0.29) is 11.5 Å². The Balaban J connectivity index is 1.34. The minimum atomic E-state index is -0.167. The first-order valence-electron chi connectivity index (χ1n) is 12.0. The summed E-state index contributed by atoms with van der Waals surface area (Å²) in [6.45, 7) is 6.46. The van der Waals surface area contributed by atoms with E-state index in [0.29, 0.717) is 29.9 Å². The van der Waals surface area contributed by atoms with E-state index in [9.17, 15) is 9.59 Å². The molecule has 0 saturated heterocycles. The Labute approximate surface area is 204 Å². The zero-order valence-electron chi connectivity index (χ0n) is 20.5. The van der Waals surface area contributed by atoms with Crippen LogP contribution in [0.5, 0.6) is 0 Å². The maximum absolute atomic E-state index is 13.1. The number of nitrogen functional groups attached to an aromatic ring is 1.